The maximum absolute atomic E-state index is 13.1. The Hall–Kier alpha value is -1.16. The molecular weight excluding hydrogens is 323 g/mol. The van der Waals surface area contributed by atoms with Crippen LogP contribution in [0, 0.1) is 5.92 Å². The van der Waals surface area contributed by atoms with Gasteiger partial charge in [0.25, 0.3) is 0 Å². The largest absolute Gasteiger partial charge is 0.466 e. The fourth-order valence-electron chi connectivity index (χ4n) is 1.29. The molecule has 0 radical (unpaired) electrons. The highest BCUT2D eigenvalue weighted by Crippen LogP contribution is 2.54. The Morgan fingerprint density at radius 1 is 0.952 bits per heavy atom. The average molecular weight is 334 g/mol. The second-order valence-corrected chi connectivity index (χ2v) is 4.21. The van der Waals surface area contributed by atoms with Gasteiger partial charge in [-0.15, -0.1) is 0 Å². The van der Waals surface area contributed by atoms with Crippen molar-refractivity contribution >= 4 is 5.97 Å². The van der Waals surface area contributed by atoms with Gasteiger partial charge in [0, 0.05) is 6.42 Å². The van der Waals surface area contributed by atoms with Crippen molar-refractivity contribution in [3.63, 3.8) is 0 Å². The molecule has 2 nitrogen and oxygen atoms in total. The Morgan fingerprint density at radius 2 is 1.38 bits per heavy atom. The molecule has 0 aromatic heterocycles. The number of carbonyl (C=O) groups is 1. The van der Waals surface area contributed by atoms with Crippen molar-refractivity contribution in [3.8, 4) is 0 Å². The van der Waals surface area contributed by atoms with E-state index in [1.165, 1.54) is 6.92 Å². The fraction of sp³-hybridized carbons (Fsp3) is 0.900. The first-order chi connectivity index (χ1) is 9.12. The van der Waals surface area contributed by atoms with Crippen LogP contribution in [0.25, 0.3) is 0 Å². The fourth-order valence-corrected chi connectivity index (χ4v) is 1.29. The number of halogens is 9. The van der Waals surface area contributed by atoms with E-state index in [-0.39, 0.29) is 6.61 Å². The molecular formula is C10H11F9O2. The summed E-state index contributed by atoms with van der Waals surface area (Å²) in [6, 6.07) is 0. The number of hydrogen-bond acceptors (Lipinski definition) is 2. The summed E-state index contributed by atoms with van der Waals surface area (Å²) in [5.74, 6) is -22.8. The Morgan fingerprint density at radius 3 is 1.71 bits per heavy atom. The number of esters is 1. The summed E-state index contributed by atoms with van der Waals surface area (Å²) in [6.45, 7) is 1.60. The van der Waals surface area contributed by atoms with E-state index in [1.807, 2.05) is 0 Å². The van der Waals surface area contributed by atoms with E-state index in [9.17, 15) is 44.3 Å². The first-order valence-electron chi connectivity index (χ1n) is 5.48. The van der Waals surface area contributed by atoms with Crippen molar-refractivity contribution in [3.05, 3.63) is 0 Å². The third-order valence-corrected chi connectivity index (χ3v) is 2.46. The zero-order valence-corrected chi connectivity index (χ0v) is 10.7. The highest BCUT2D eigenvalue weighted by Gasteiger charge is 2.81. The van der Waals surface area contributed by atoms with E-state index in [2.05, 4.69) is 4.74 Å². The first kappa shape index (κ1) is 19.8. The smallest absolute Gasteiger partial charge is 0.460 e. The highest BCUT2D eigenvalue weighted by atomic mass is 19.4. The van der Waals surface area contributed by atoms with Gasteiger partial charge in [0.05, 0.1) is 12.5 Å². The van der Waals surface area contributed by atoms with Crippen molar-refractivity contribution < 1.29 is 49.0 Å². The van der Waals surface area contributed by atoms with Gasteiger partial charge in [-0.25, -0.2) is 0 Å². The number of alkyl halides is 9. The van der Waals surface area contributed by atoms with E-state index in [0.29, 0.717) is 6.92 Å². The van der Waals surface area contributed by atoms with Crippen molar-refractivity contribution in [2.24, 2.45) is 5.92 Å². The van der Waals surface area contributed by atoms with Crippen molar-refractivity contribution in [2.45, 2.75) is 44.2 Å². The van der Waals surface area contributed by atoms with Gasteiger partial charge in [-0.05, 0) is 6.92 Å². The van der Waals surface area contributed by atoms with Gasteiger partial charge in [-0.3, -0.25) is 4.79 Å². The molecule has 11 heteroatoms. The molecule has 0 aliphatic rings. The van der Waals surface area contributed by atoms with Gasteiger partial charge in [0.2, 0.25) is 0 Å². The molecule has 1 atom stereocenters. The number of hydrogen-bond donors (Lipinski definition) is 0. The Balaban J connectivity index is 5.35. The van der Waals surface area contributed by atoms with Crippen LogP contribution < -0.4 is 0 Å². The maximum Gasteiger partial charge on any atom is 0.460 e. The molecule has 0 heterocycles. The van der Waals surface area contributed by atoms with Crippen LogP contribution in [0.2, 0.25) is 0 Å². The van der Waals surface area contributed by atoms with Gasteiger partial charge in [-0.2, -0.15) is 39.5 Å². The van der Waals surface area contributed by atoms with Crippen LogP contribution in [0.3, 0.4) is 0 Å². The van der Waals surface area contributed by atoms with Gasteiger partial charge in [0.15, 0.2) is 0 Å². The molecule has 0 N–H and O–H groups in total. The van der Waals surface area contributed by atoms with Crippen LogP contribution in [-0.4, -0.2) is 36.5 Å². The summed E-state index contributed by atoms with van der Waals surface area (Å²) in [5.41, 5.74) is 0. The maximum atomic E-state index is 13.1. The van der Waals surface area contributed by atoms with E-state index in [4.69, 9.17) is 0 Å². The van der Waals surface area contributed by atoms with Gasteiger partial charge in [0.1, 0.15) is 0 Å². The molecule has 0 aromatic rings. The summed E-state index contributed by atoms with van der Waals surface area (Å²) >= 11 is 0. The van der Waals surface area contributed by atoms with E-state index in [0.717, 1.165) is 0 Å². The molecule has 0 amide bonds. The standard InChI is InChI=1S/C10H11F9O2/c1-3-21-6(20)5(2)4-7(11,12)8(13,14)9(15,16)10(17,18)19/h5H,3-4H2,1-2H3. The van der Waals surface area contributed by atoms with E-state index >= 15 is 0 Å². The summed E-state index contributed by atoms with van der Waals surface area (Å²) in [7, 11) is 0. The second kappa shape index (κ2) is 5.91. The van der Waals surface area contributed by atoms with Crippen LogP contribution in [0.4, 0.5) is 39.5 Å². The van der Waals surface area contributed by atoms with Crippen LogP contribution in [0.1, 0.15) is 20.3 Å². The molecule has 0 fully saturated rings. The first-order valence-corrected chi connectivity index (χ1v) is 5.48. The lowest BCUT2D eigenvalue weighted by atomic mass is 9.94. The van der Waals surface area contributed by atoms with Crippen molar-refractivity contribution in [1.82, 2.24) is 0 Å². The van der Waals surface area contributed by atoms with Crippen LogP contribution in [0.5, 0.6) is 0 Å². The molecule has 21 heavy (non-hydrogen) atoms. The number of ether oxygens (including phenoxy) is 1. The number of carbonyl (C=O) groups excluding carboxylic acids is 1. The Bertz CT molecular complexity index is 375. The summed E-state index contributed by atoms with van der Waals surface area (Å²) in [6.07, 6.45) is -9.09. The lowest BCUT2D eigenvalue weighted by Crippen LogP contribution is -2.61. The third-order valence-electron chi connectivity index (χ3n) is 2.46. The third kappa shape index (κ3) is 3.73. The van der Waals surface area contributed by atoms with Crippen LogP contribution in [-0.2, 0) is 9.53 Å². The van der Waals surface area contributed by atoms with Gasteiger partial charge < -0.3 is 4.74 Å². The summed E-state index contributed by atoms with van der Waals surface area (Å²) in [5, 5.41) is 0. The van der Waals surface area contributed by atoms with Gasteiger partial charge in [-0.1, -0.05) is 6.92 Å². The van der Waals surface area contributed by atoms with Crippen LogP contribution >= 0.6 is 0 Å². The monoisotopic (exact) mass is 334 g/mol. The predicted molar refractivity (Wildman–Crippen MR) is 51.3 cm³/mol. The Labute approximate surface area is 113 Å². The molecule has 126 valence electrons. The summed E-state index contributed by atoms with van der Waals surface area (Å²) in [4.78, 5) is 11.0. The quantitative estimate of drug-likeness (QED) is 0.541. The van der Waals surface area contributed by atoms with Crippen molar-refractivity contribution in [2.75, 3.05) is 6.61 Å². The SMILES string of the molecule is CCOC(=O)C(C)CC(F)(F)C(F)(F)C(F)(F)C(F)(F)F. The number of rotatable bonds is 6. The lowest BCUT2D eigenvalue weighted by Gasteiger charge is -2.34. The van der Waals surface area contributed by atoms with E-state index < -0.39 is 42.3 Å². The second-order valence-electron chi connectivity index (χ2n) is 4.21. The topological polar surface area (TPSA) is 26.3 Å². The average Bonchev–Trinajstić information content (AvgIpc) is 2.26. The molecule has 0 aliphatic carbocycles. The van der Waals surface area contributed by atoms with Crippen molar-refractivity contribution in [1.29, 1.82) is 0 Å². The highest BCUT2D eigenvalue weighted by molar-refractivity contribution is 5.72. The lowest BCUT2D eigenvalue weighted by molar-refractivity contribution is -0.397. The minimum Gasteiger partial charge on any atom is -0.466 e. The minimum atomic E-state index is -6.95. The molecule has 0 rings (SSSR count). The normalized spacial score (nSPS) is 15.8. The molecule has 0 bridgehead atoms. The minimum absolute atomic E-state index is 0.302. The molecule has 0 saturated carbocycles. The van der Waals surface area contributed by atoms with Gasteiger partial charge >= 0.3 is 29.9 Å². The van der Waals surface area contributed by atoms with E-state index in [1.54, 1.807) is 0 Å². The Kier molecular flexibility index (Phi) is 5.59. The molecule has 0 aromatic carbocycles. The van der Waals surface area contributed by atoms with Crippen LogP contribution in [0.15, 0.2) is 0 Å². The molecule has 1 unspecified atom stereocenters. The molecule has 0 saturated heterocycles. The summed E-state index contributed by atoms with van der Waals surface area (Å²) < 4.78 is 117. The molecule has 0 spiro atoms. The molecule has 0 aliphatic heterocycles. The predicted octanol–water partition coefficient (Wildman–Crippen LogP) is 4.04. The zero-order chi connectivity index (χ0) is 17.3. The zero-order valence-electron chi connectivity index (χ0n) is 10.7.